The zero-order chi connectivity index (χ0) is 12.3. The normalized spacial score (nSPS) is 10.2. The standard InChI is InChI=1S/C6H15N.C3H9BO4/c1-4-7(5-2)6-3;1-3(2)7-8-4(5)6/h4-6H2,1-3H3;3,5-6H,1-2H3. The summed E-state index contributed by atoms with van der Waals surface area (Å²) in [5.41, 5.74) is 0. The largest absolute Gasteiger partial charge is 0.662 e. The topological polar surface area (TPSA) is 62.2 Å². The van der Waals surface area contributed by atoms with E-state index in [9.17, 15) is 0 Å². The first-order valence-corrected chi connectivity index (χ1v) is 5.38. The molecule has 0 saturated heterocycles. The first-order valence-electron chi connectivity index (χ1n) is 5.38. The number of hydrogen-bond donors (Lipinski definition) is 2. The SMILES string of the molecule is CC(C)OOB(O)O.CCN(CC)CC. The van der Waals surface area contributed by atoms with E-state index in [1.807, 2.05) is 0 Å². The lowest BCUT2D eigenvalue weighted by molar-refractivity contribution is -0.260. The molecule has 0 saturated carbocycles. The van der Waals surface area contributed by atoms with E-state index >= 15 is 0 Å². The molecular formula is C9H24BNO4. The molecule has 0 aromatic carbocycles. The Bertz CT molecular complexity index is 107. The summed E-state index contributed by atoms with van der Waals surface area (Å²) in [6.45, 7) is 13.5. The summed E-state index contributed by atoms with van der Waals surface area (Å²) >= 11 is 0. The molecule has 0 unspecified atom stereocenters. The highest BCUT2D eigenvalue weighted by Gasteiger charge is 2.09. The van der Waals surface area contributed by atoms with Crippen molar-refractivity contribution in [2.24, 2.45) is 0 Å². The summed E-state index contributed by atoms with van der Waals surface area (Å²) in [5.74, 6) is 0. The molecule has 15 heavy (non-hydrogen) atoms. The Balaban J connectivity index is 0. The molecule has 0 aliphatic rings. The molecular weight excluding hydrogens is 197 g/mol. The van der Waals surface area contributed by atoms with Crippen LogP contribution in [0.3, 0.4) is 0 Å². The minimum Gasteiger partial charge on any atom is -0.400 e. The maximum Gasteiger partial charge on any atom is 0.662 e. The Labute approximate surface area is 93.1 Å². The Kier molecular flexibility index (Phi) is 13.7. The van der Waals surface area contributed by atoms with Gasteiger partial charge < -0.3 is 14.9 Å². The highest BCUT2D eigenvalue weighted by Crippen LogP contribution is 1.87. The van der Waals surface area contributed by atoms with E-state index in [1.165, 1.54) is 19.6 Å². The molecule has 0 spiro atoms. The fraction of sp³-hybridized carbons (Fsp3) is 1.00. The van der Waals surface area contributed by atoms with Gasteiger partial charge in [-0.25, -0.2) is 9.69 Å². The van der Waals surface area contributed by atoms with Crippen molar-refractivity contribution in [2.45, 2.75) is 40.7 Å². The van der Waals surface area contributed by atoms with Gasteiger partial charge in [-0.15, -0.1) is 0 Å². The Hall–Kier alpha value is -0.135. The van der Waals surface area contributed by atoms with Crippen LogP contribution in [0.5, 0.6) is 0 Å². The number of hydrogen-bond acceptors (Lipinski definition) is 5. The zero-order valence-electron chi connectivity index (χ0n) is 10.4. The van der Waals surface area contributed by atoms with E-state index in [0.717, 1.165) is 0 Å². The summed E-state index contributed by atoms with van der Waals surface area (Å²) in [5, 5.41) is 16.0. The molecule has 0 amide bonds. The van der Waals surface area contributed by atoms with E-state index in [0.29, 0.717) is 0 Å². The van der Waals surface area contributed by atoms with E-state index in [2.05, 4.69) is 35.4 Å². The molecule has 0 aliphatic heterocycles. The van der Waals surface area contributed by atoms with Crippen LogP contribution in [0.1, 0.15) is 34.6 Å². The van der Waals surface area contributed by atoms with E-state index in [4.69, 9.17) is 10.0 Å². The molecule has 0 heterocycles. The highest BCUT2D eigenvalue weighted by molar-refractivity contribution is 6.32. The molecule has 0 aromatic rings. The highest BCUT2D eigenvalue weighted by atomic mass is 17.2. The lowest BCUT2D eigenvalue weighted by Crippen LogP contribution is -2.21. The van der Waals surface area contributed by atoms with Crippen molar-refractivity contribution in [1.82, 2.24) is 4.90 Å². The van der Waals surface area contributed by atoms with Crippen molar-refractivity contribution in [2.75, 3.05) is 19.6 Å². The summed E-state index contributed by atoms with van der Waals surface area (Å²) in [6, 6.07) is 0. The summed E-state index contributed by atoms with van der Waals surface area (Å²) in [6.07, 6.45) is -0.156. The second-order valence-electron chi connectivity index (χ2n) is 3.19. The van der Waals surface area contributed by atoms with Crippen LogP contribution >= 0.6 is 0 Å². The molecule has 0 bridgehead atoms. The molecule has 0 atom stereocenters. The van der Waals surface area contributed by atoms with Crippen LogP contribution in [0.15, 0.2) is 0 Å². The van der Waals surface area contributed by atoms with Crippen LogP contribution in [0.2, 0.25) is 0 Å². The molecule has 0 aromatic heterocycles. The molecule has 0 fully saturated rings. The molecule has 2 N–H and O–H groups in total. The van der Waals surface area contributed by atoms with Crippen molar-refractivity contribution in [3.05, 3.63) is 0 Å². The first kappa shape index (κ1) is 17.3. The third-order valence-electron chi connectivity index (χ3n) is 1.68. The second kappa shape index (κ2) is 11.9. The van der Waals surface area contributed by atoms with Crippen LogP contribution < -0.4 is 0 Å². The summed E-state index contributed by atoms with van der Waals surface area (Å²) < 4.78 is 0. The molecule has 0 aliphatic carbocycles. The third-order valence-corrected chi connectivity index (χ3v) is 1.68. The van der Waals surface area contributed by atoms with Crippen LogP contribution in [0, 0.1) is 0 Å². The second-order valence-corrected chi connectivity index (χ2v) is 3.19. The van der Waals surface area contributed by atoms with Gasteiger partial charge in [-0.05, 0) is 33.5 Å². The number of nitrogens with zero attached hydrogens (tertiary/aromatic N) is 1. The fourth-order valence-corrected chi connectivity index (χ4v) is 0.832. The van der Waals surface area contributed by atoms with Gasteiger partial charge in [0, 0.05) is 0 Å². The van der Waals surface area contributed by atoms with Gasteiger partial charge in [0.25, 0.3) is 0 Å². The van der Waals surface area contributed by atoms with Crippen LogP contribution in [-0.4, -0.2) is 48.0 Å². The van der Waals surface area contributed by atoms with E-state index < -0.39 is 7.32 Å². The predicted molar refractivity (Wildman–Crippen MR) is 61.0 cm³/mol. The van der Waals surface area contributed by atoms with Crippen molar-refractivity contribution in [3.63, 3.8) is 0 Å². The Morgan fingerprint density at radius 1 is 1.07 bits per heavy atom. The van der Waals surface area contributed by atoms with Crippen molar-refractivity contribution in [1.29, 1.82) is 0 Å². The van der Waals surface area contributed by atoms with Gasteiger partial charge in [0.2, 0.25) is 0 Å². The smallest absolute Gasteiger partial charge is 0.400 e. The van der Waals surface area contributed by atoms with Crippen LogP contribution in [0.25, 0.3) is 0 Å². The fourth-order valence-electron chi connectivity index (χ4n) is 0.832. The van der Waals surface area contributed by atoms with Gasteiger partial charge in [0.05, 0.1) is 6.10 Å². The van der Waals surface area contributed by atoms with Crippen LogP contribution in [-0.2, 0) is 9.69 Å². The van der Waals surface area contributed by atoms with Crippen molar-refractivity contribution in [3.8, 4) is 0 Å². The molecule has 0 rings (SSSR count). The monoisotopic (exact) mass is 221 g/mol. The van der Waals surface area contributed by atoms with E-state index in [-0.39, 0.29) is 6.10 Å². The molecule has 5 nitrogen and oxygen atoms in total. The third kappa shape index (κ3) is 16.5. The summed E-state index contributed by atoms with van der Waals surface area (Å²) in [4.78, 5) is 10.6. The van der Waals surface area contributed by atoms with Gasteiger partial charge in [0.1, 0.15) is 0 Å². The summed E-state index contributed by atoms with van der Waals surface area (Å²) in [7, 11) is -1.84. The Morgan fingerprint density at radius 3 is 1.53 bits per heavy atom. The van der Waals surface area contributed by atoms with Crippen molar-refractivity contribution >= 4 is 7.32 Å². The van der Waals surface area contributed by atoms with Gasteiger partial charge >= 0.3 is 7.32 Å². The number of rotatable bonds is 6. The lowest BCUT2D eigenvalue weighted by Gasteiger charge is -2.13. The van der Waals surface area contributed by atoms with Gasteiger partial charge in [-0.3, -0.25) is 0 Å². The Morgan fingerprint density at radius 2 is 1.47 bits per heavy atom. The maximum atomic E-state index is 8.01. The minimum atomic E-state index is -1.84. The minimum absolute atomic E-state index is 0.156. The van der Waals surface area contributed by atoms with Gasteiger partial charge in [-0.2, -0.15) is 0 Å². The molecule has 6 heteroatoms. The average molecular weight is 221 g/mol. The van der Waals surface area contributed by atoms with E-state index in [1.54, 1.807) is 13.8 Å². The van der Waals surface area contributed by atoms with Crippen molar-refractivity contribution < 1.29 is 19.7 Å². The molecule has 92 valence electrons. The van der Waals surface area contributed by atoms with Gasteiger partial charge in [0.15, 0.2) is 0 Å². The van der Waals surface area contributed by atoms with Gasteiger partial charge in [-0.1, -0.05) is 20.8 Å². The zero-order valence-corrected chi connectivity index (χ0v) is 10.4. The molecule has 0 radical (unpaired) electrons. The lowest BCUT2D eigenvalue weighted by atomic mass is 10.3. The average Bonchev–Trinajstić information content (AvgIpc) is 2.18. The maximum absolute atomic E-state index is 8.01. The predicted octanol–water partition coefficient (Wildman–Crippen LogP) is 0.661. The van der Waals surface area contributed by atoms with Crippen LogP contribution in [0.4, 0.5) is 0 Å². The first-order chi connectivity index (χ1) is 6.97. The quantitative estimate of drug-likeness (QED) is 0.392.